The molecule has 0 aliphatic rings. The highest BCUT2D eigenvalue weighted by molar-refractivity contribution is 7.84. The molecule has 0 bridgehead atoms. The number of imidazole rings is 1. The Morgan fingerprint density at radius 3 is 2.36 bits per heavy atom. The van der Waals surface area contributed by atoms with Crippen LogP contribution >= 0.6 is 0 Å². The van der Waals surface area contributed by atoms with Crippen LogP contribution < -0.4 is 9.47 Å². The lowest BCUT2D eigenvalue weighted by atomic mass is 10.0. The number of nitrogens with zero attached hydrogens (tertiary/aromatic N) is 2. The van der Waals surface area contributed by atoms with Crippen molar-refractivity contribution in [2.45, 2.75) is 63.6 Å². The molecule has 7 nitrogen and oxygen atoms in total. The van der Waals surface area contributed by atoms with Crippen LogP contribution in [0.15, 0.2) is 84.0 Å². The second-order valence-corrected chi connectivity index (χ2v) is 12.3. The number of allylic oxidation sites excluding steroid dienone is 1. The molecule has 250 valence electrons. The number of carbonyl (C=O) groups is 1. The first kappa shape index (κ1) is 35.6. The Morgan fingerprint density at radius 2 is 1.68 bits per heavy atom. The van der Waals surface area contributed by atoms with Gasteiger partial charge in [0.15, 0.2) is 5.78 Å². The number of ether oxygens (including phenoxy) is 3. The summed E-state index contributed by atoms with van der Waals surface area (Å²) in [5.74, 6) is 0.243. The van der Waals surface area contributed by atoms with Crippen molar-refractivity contribution in [1.29, 1.82) is 0 Å². The number of rotatable bonds is 17. The number of hydrogen-bond acceptors (Lipinski definition) is 6. The van der Waals surface area contributed by atoms with E-state index in [1.54, 1.807) is 48.8 Å². The molecule has 0 saturated carbocycles. The molecule has 1 aromatic heterocycles. The van der Waals surface area contributed by atoms with Crippen LogP contribution in [0.3, 0.4) is 0 Å². The van der Waals surface area contributed by atoms with Gasteiger partial charge < -0.3 is 18.8 Å². The SMILES string of the molecule is CCCCOCCOc1ccc(-c2ccc(OC(F)(F)F)c(/C=C/C(=O)Cc3ccc([S@@](=O)Cc4c(C)ncn4CC)cc3)c2)cc1. The molecule has 4 rings (SSSR count). The molecular weight excluding hydrogens is 629 g/mol. The minimum Gasteiger partial charge on any atom is -0.491 e. The van der Waals surface area contributed by atoms with Gasteiger partial charge in [-0.05, 0) is 85.5 Å². The lowest BCUT2D eigenvalue weighted by molar-refractivity contribution is -0.274. The second kappa shape index (κ2) is 17.1. The average molecular weight is 669 g/mol. The van der Waals surface area contributed by atoms with Crippen LogP contribution in [0.5, 0.6) is 11.5 Å². The average Bonchev–Trinajstić information content (AvgIpc) is 3.40. The van der Waals surface area contributed by atoms with Gasteiger partial charge in [-0.1, -0.05) is 43.7 Å². The van der Waals surface area contributed by atoms with Crippen LogP contribution in [0.25, 0.3) is 17.2 Å². The quantitative estimate of drug-likeness (QED) is 0.0836. The van der Waals surface area contributed by atoms with E-state index in [2.05, 4.69) is 16.6 Å². The van der Waals surface area contributed by atoms with Crippen molar-refractivity contribution in [1.82, 2.24) is 9.55 Å². The number of benzene rings is 3. The number of carbonyl (C=O) groups excluding carboxylic acids is 1. The Kier molecular flexibility index (Phi) is 12.9. The standard InChI is InChI=1S/C36H39F3N2O5S/c1-4-6-19-44-20-21-45-32-14-10-28(11-15-32)29-12-18-35(46-36(37,38)39)30(23-29)9-13-31(42)22-27-7-16-33(17-8-27)47(43)24-34-26(3)40-25-41(34)5-2/h7-18,23,25H,4-6,19-22,24H2,1-3H3/b13-9+/t47-/m0/s1. The number of aromatic nitrogens is 2. The third kappa shape index (κ3) is 10.9. The Balaban J connectivity index is 1.41. The van der Waals surface area contributed by atoms with E-state index in [-0.39, 0.29) is 17.8 Å². The number of unbranched alkanes of at least 4 members (excludes halogenated alkanes) is 1. The van der Waals surface area contributed by atoms with Gasteiger partial charge in [0.05, 0.1) is 40.9 Å². The first-order valence-electron chi connectivity index (χ1n) is 15.5. The van der Waals surface area contributed by atoms with E-state index in [4.69, 9.17) is 9.47 Å². The normalized spacial score (nSPS) is 12.4. The van der Waals surface area contributed by atoms with Crippen molar-refractivity contribution >= 4 is 22.7 Å². The van der Waals surface area contributed by atoms with Crippen LogP contribution in [0.2, 0.25) is 0 Å². The molecular formula is C36H39F3N2O5S. The molecule has 0 amide bonds. The minimum absolute atomic E-state index is 0.0192. The largest absolute Gasteiger partial charge is 0.573 e. The topological polar surface area (TPSA) is 79.7 Å². The predicted octanol–water partition coefficient (Wildman–Crippen LogP) is 8.11. The summed E-state index contributed by atoms with van der Waals surface area (Å²) < 4.78 is 69.8. The van der Waals surface area contributed by atoms with Crippen LogP contribution in [0.4, 0.5) is 13.2 Å². The summed E-state index contributed by atoms with van der Waals surface area (Å²) in [7, 11) is -1.30. The molecule has 0 fully saturated rings. The summed E-state index contributed by atoms with van der Waals surface area (Å²) in [5.41, 5.74) is 3.93. The van der Waals surface area contributed by atoms with Crippen LogP contribution in [0, 0.1) is 6.92 Å². The van der Waals surface area contributed by atoms with Gasteiger partial charge in [-0.15, -0.1) is 13.2 Å². The fourth-order valence-corrected chi connectivity index (χ4v) is 5.99. The Morgan fingerprint density at radius 1 is 0.957 bits per heavy atom. The maximum atomic E-state index is 13.2. The molecule has 0 spiro atoms. The first-order chi connectivity index (χ1) is 22.6. The van der Waals surface area contributed by atoms with Gasteiger partial charge in [-0.2, -0.15) is 0 Å². The lowest BCUT2D eigenvalue weighted by Crippen LogP contribution is -2.17. The molecule has 1 heterocycles. The molecule has 1 atom stereocenters. The molecule has 0 aliphatic heterocycles. The maximum Gasteiger partial charge on any atom is 0.573 e. The lowest BCUT2D eigenvalue weighted by Gasteiger charge is -2.13. The molecule has 3 aromatic carbocycles. The highest BCUT2D eigenvalue weighted by Crippen LogP contribution is 2.32. The van der Waals surface area contributed by atoms with Crippen molar-refractivity contribution in [3.8, 4) is 22.6 Å². The Hall–Kier alpha value is -4.22. The summed E-state index contributed by atoms with van der Waals surface area (Å²) in [5, 5.41) is 0. The zero-order chi connectivity index (χ0) is 33.8. The van der Waals surface area contributed by atoms with Gasteiger partial charge in [0.1, 0.15) is 18.1 Å². The summed E-state index contributed by atoms with van der Waals surface area (Å²) in [6.07, 6.45) is 1.48. The van der Waals surface area contributed by atoms with Gasteiger partial charge in [0, 0.05) is 30.0 Å². The minimum atomic E-state index is -4.90. The predicted molar refractivity (Wildman–Crippen MR) is 177 cm³/mol. The van der Waals surface area contributed by atoms with E-state index in [1.165, 1.54) is 24.3 Å². The first-order valence-corrected chi connectivity index (χ1v) is 16.8. The van der Waals surface area contributed by atoms with Crippen molar-refractivity contribution in [2.24, 2.45) is 0 Å². The number of halogens is 3. The molecule has 0 radical (unpaired) electrons. The third-order valence-electron chi connectivity index (χ3n) is 7.34. The molecule has 0 unspecified atom stereocenters. The van der Waals surface area contributed by atoms with E-state index >= 15 is 0 Å². The van der Waals surface area contributed by atoms with E-state index in [0.29, 0.717) is 47.3 Å². The van der Waals surface area contributed by atoms with Gasteiger partial charge >= 0.3 is 6.36 Å². The number of aryl methyl sites for hydroxylation is 2. The van der Waals surface area contributed by atoms with Gasteiger partial charge in [0.2, 0.25) is 0 Å². The Labute approximate surface area is 275 Å². The molecule has 0 aliphatic carbocycles. The second-order valence-electron chi connectivity index (χ2n) is 10.8. The van der Waals surface area contributed by atoms with Crippen LogP contribution in [-0.4, -0.2) is 45.7 Å². The van der Waals surface area contributed by atoms with Crippen molar-refractivity contribution in [2.75, 3.05) is 19.8 Å². The van der Waals surface area contributed by atoms with Crippen molar-refractivity contribution in [3.63, 3.8) is 0 Å². The number of alkyl halides is 3. The molecule has 4 aromatic rings. The summed E-state index contributed by atoms with van der Waals surface area (Å²) in [4.78, 5) is 17.8. The van der Waals surface area contributed by atoms with E-state index in [9.17, 15) is 22.2 Å². The zero-order valence-electron chi connectivity index (χ0n) is 26.7. The van der Waals surface area contributed by atoms with Crippen LogP contribution in [0.1, 0.15) is 49.2 Å². The summed E-state index contributed by atoms with van der Waals surface area (Å²) in [6, 6.07) is 18.4. The number of hydrogen-bond donors (Lipinski definition) is 0. The van der Waals surface area contributed by atoms with E-state index in [1.807, 2.05) is 30.5 Å². The Bertz CT molecular complexity index is 1670. The van der Waals surface area contributed by atoms with Crippen molar-refractivity contribution in [3.05, 3.63) is 102 Å². The van der Waals surface area contributed by atoms with Gasteiger partial charge in [-0.25, -0.2) is 4.98 Å². The zero-order valence-corrected chi connectivity index (χ0v) is 27.5. The van der Waals surface area contributed by atoms with E-state index < -0.39 is 22.9 Å². The number of ketones is 1. The third-order valence-corrected chi connectivity index (χ3v) is 8.67. The smallest absolute Gasteiger partial charge is 0.491 e. The summed E-state index contributed by atoms with van der Waals surface area (Å²) in [6.45, 7) is 8.29. The van der Waals surface area contributed by atoms with Gasteiger partial charge in [-0.3, -0.25) is 9.00 Å². The highest BCUT2D eigenvalue weighted by atomic mass is 32.2. The monoisotopic (exact) mass is 668 g/mol. The fraction of sp³-hybridized carbons (Fsp3) is 0.333. The molecule has 47 heavy (non-hydrogen) atoms. The van der Waals surface area contributed by atoms with E-state index in [0.717, 1.165) is 36.3 Å². The molecule has 0 N–H and O–H groups in total. The molecule has 11 heteroatoms. The highest BCUT2D eigenvalue weighted by Gasteiger charge is 2.32. The van der Waals surface area contributed by atoms with Gasteiger partial charge in [0.25, 0.3) is 0 Å². The fourth-order valence-electron chi connectivity index (χ4n) is 4.76. The van der Waals surface area contributed by atoms with Crippen molar-refractivity contribution < 1.29 is 36.4 Å². The van der Waals surface area contributed by atoms with Crippen LogP contribution in [-0.2, 0) is 39.0 Å². The summed E-state index contributed by atoms with van der Waals surface area (Å²) >= 11 is 0. The maximum absolute atomic E-state index is 13.2. The molecule has 0 saturated heterocycles.